The first-order valence-electron chi connectivity index (χ1n) is 8.02. The molecule has 4 nitrogen and oxygen atoms in total. The molecule has 1 saturated heterocycles. The maximum Gasteiger partial charge on any atom is 0.153 e. The number of anilines is 1. The molecule has 2 aromatic rings. The van der Waals surface area contributed by atoms with E-state index in [0.29, 0.717) is 29.0 Å². The van der Waals surface area contributed by atoms with E-state index in [4.69, 9.17) is 0 Å². The first-order valence-corrected chi connectivity index (χ1v) is 8.02. The Hall–Kier alpha value is -2.74. The van der Waals surface area contributed by atoms with Gasteiger partial charge in [0, 0.05) is 18.7 Å². The molecule has 122 valence electrons. The number of halogens is 1. The molecule has 24 heavy (non-hydrogen) atoms. The summed E-state index contributed by atoms with van der Waals surface area (Å²) >= 11 is 0. The molecular weight excluding hydrogens is 305 g/mol. The van der Waals surface area contributed by atoms with E-state index in [1.54, 1.807) is 6.07 Å². The van der Waals surface area contributed by atoms with Gasteiger partial charge in [-0.15, -0.1) is 0 Å². The van der Waals surface area contributed by atoms with Crippen LogP contribution in [0.2, 0.25) is 0 Å². The van der Waals surface area contributed by atoms with Gasteiger partial charge in [-0.2, -0.15) is 5.26 Å². The first kappa shape index (κ1) is 16.1. The molecule has 0 spiro atoms. The molecule has 1 fully saturated rings. The second-order valence-corrected chi connectivity index (χ2v) is 6.25. The summed E-state index contributed by atoms with van der Waals surface area (Å²) in [4.78, 5) is 17.2. The molecule has 5 heteroatoms. The second kappa shape index (κ2) is 6.79. The summed E-state index contributed by atoms with van der Waals surface area (Å²) in [5, 5.41) is 9.52. The Morgan fingerprint density at radius 2 is 2.25 bits per heavy atom. The lowest BCUT2D eigenvalue weighted by molar-refractivity contribution is 0.111. The Morgan fingerprint density at radius 3 is 2.96 bits per heavy atom. The third-order valence-corrected chi connectivity index (χ3v) is 4.42. The molecule has 0 saturated carbocycles. The smallest absolute Gasteiger partial charge is 0.153 e. The van der Waals surface area contributed by atoms with Crippen molar-refractivity contribution in [1.82, 2.24) is 4.98 Å². The Labute approximate surface area is 140 Å². The number of aromatic nitrogens is 1. The summed E-state index contributed by atoms with van der Waals surface area (Å²) in [6, 6.07) is 9.18. The molecule has 0 aliphatic carbocycles. The number of rotatable bonds is 3. The summed E-state index contributed by atoms with van der Waals surface area (Å²) in [5.41, 5.74) is 2.63. The van der Waals surface area contributed by atoms with Gasteiger partial charge in [0.25, 0.3) is 0 Å². The van der Waals surface area contributed by atoms with Crippen molar-refractivity contribution in [2.24, 2.45) is 5.92 Å². The number of carbonyl (C=O) groups excluding carboxylic acids is 1. The van der Waals surface area contributed by atoms with Crippen LogP contribution < -0.4 is 4.90 Å². The molecule has 1 atom stereocenters. The highest BCUT2D eigenvalue weighted by atomic mass is 19.1. The lowest BCUT2D eigenvalue weighted by atomic mass is 9.98. The Morgan fingerprint density at radius 1 is 1.42 bits per heavy atom. The van der Waals surface area contributed by atoms with Gasteiger partial charge in [0.1, 0.15) is 6.07 Å². The third kappa shape index (κ3) is 3.13. The highest BCUT2D eigenvalue weighted by Gasteiger charge is 2.19. The van der Waals surface area contributed by atoms with Gasteiger partial charge >= 0.3 is 0 Å². The fourth-order valence-electron chi connectivity index (χ4n) is 3.17. The summed E-state index contributed by atoms with van der Waals surface area (Å²) < 4.78 is 13.4. The van der Waals surface area contributed by atoms with E-state index in [1.165, 1.54) is 12.5 Å². The van der Waals surface area contributed by atoms with Crippen LogP contribution in [0, 0.1) is 23.1 Å². The number of hydrogen-bond acceptors (Lipinski definition) is 4. The van der Waals surface area contributed by atoms with Gasteiger partial charge in [-0.3, -0.25) is 9.78 Å². The van der Waals surface area contributed by atoms with Crippen LogP contribution in [-0.2, 0) is 0 Å². The normalized spacial score (nSPS) is 17.4. The van der Waals surface area contributed by atoms with Crippen molar-refractivity contribution in [1.29, 1.82) is 5.26 Å². The van der Waals surface area contributed by atoms with Gasteiger partial charge in [-0.25, -0.2) is 4.39 Å². The van der Waals surface area contributed by atoms with E-state index in [-0.39, 0.29) is 5.56 Å². The molecule has 0 bridgehead atoms. The maximum absolute atomic E-state index is 13.4. The minimum absolute atomic E-state index is 0.0348. The van der Waals surface area contributed by atoms with Crippen LogP contribution in [-0.4, -0.2) is 24.4 Å². The largest absolute Gasteiger partial charge is 0.370 e. The minimum Gasteiger partial charge on any atom is -0.370 e. The highest BCUT2D eigenvalue weighted by molar-refractivity contribution is 5.78. The van der Waals surface area contributed by atoms with Gasteiger partial charge in [-0.05, 0) is 37.0 Å². The van der Waals surface area contributed by atoms with Crippen molar-refractivity contribution < 1.29 is 9.18 Å². The van der Waals surface area contributed by atoms with Gasteiger partial charge in [0.15, 0.2) is 12.1 Å². The van der Waals surface area contributed by atoms with Crippen LogP contribution in [0.5, 0.6) is 0 Å². The fourth-order valence-corrected chi connectivity index (χ4v) is 3.17. The van der Waals surface area contributed by atoms with Crippen molar-refractivity contribution >= 4 is 12.0 Å². The first-order chi connectivity index (χ1) is 11.6. The fraction of sp³-hybridized carbons (Fsp3) is 0.316. The second-order valence-electron chi connectivity index (χ2n) is 6.25. The van der Waals surface area contributed by atoms with Crippen LogP contribution in [0.25, 0.3) is 11.3 Å². The molecule has 3 rings (SSSR count). The number of benzene rings is 1. The average molecular weight is 323 g/mol. The zero-order valence-electron chi connectivity index (χ0n) is 13.5. The topological polar surface area (TPSA) is 57.0 Å². The molecule has 1 aromatic carbocycles. The number of piperidine rings is 1. The summed E-state index contributed by atoms with van der Waals surface area (Å²) in [6.45, 7) is 4.11. The molecule has 2 heterocycles. The third-order valence-electron chi connectivity index (χ3n) is 4.42. The molecule has 0 radical (unpaired) electrons. The number of nitriles is 1. The predicted octanol–water partition coefficient (Wildman–Crippen LogP) is 3.81. The van der Waals surface area contributed by atoms with Crippen molar-refractivity contribution in [3.05, 3.63) is 47.4 Å². The summed E-state index contributed by atoms with van der Waals surface area (Å²) in [7, 11) is 0. The quantitative estimate of drug-likeness (QED) is 0.806. The van der Waals surface area contributed by atoms with E-state index >= 15 is 0 Å². The molecule has 1 aromatic heterocycles. The molecule has 0 amide bonds. The number of hydrogen-bond donors (Lipinski definition) is 0. The van der Waals surface area contributed by atoms with Crippen LogP contribution in [0.4, 0.5) is 10.1 Å². The van der Waals surface area contributed by atoms with Gasteiger partial charge in [0.05, 0.1) is 28.7 Å². The molecule has 1 aliphatic rings. The molecule has 0 N–H and O–H groups in total. The van der Waals surface area contributed by atoms with Crippen molar-refractivity contribution in [2.45, 2.75) is 19.8 Å². The number of pyridine rings is 1. The lowest BCUT2D eigenvalue weighted by Gasteiger charge is -2.33. The van der Waals surface area contributed by atoms with Crippen molar-refractivity contribution in [3.8, 4) is 17.3 Å². The lowest BCUT2D eigenvalue weighted by Crippen LogP contribution is -2.34. The Balaban J connectivity index is 1.97. The van der Waals surface area contributed by atoms with Crippen LogP contribution in [0.15, 0.2) is 30.5 Å². The standard InChI is InChI=1S/C19H18FN3O/c1-13-3-2-6-23(11-13)19-5-4-14(7-15(19)9-21)18-8-16(12-24)17(20)10-22-18/h4-5,7-8,10,12-13H,2-3,6,11H2,1H3. The van der Waals surface area contributed by atoms with Gasteiger partial charge < -0.3 is 4.90 Å². The number of carbonyl (C=O) groups is 1. The number of aldehydes is 1. The average Bonchev–Trinajstić information content (AvgIpc) is 2.61. The van der Waals surface area contributed by atoms with Gasteiger partial charge in [-0.1, -0.05) is 13.0 Å². The van der Waals surface area contributed by atoms with Crippen molar-refractivity contribution in [2.75, 3.05) is 18.0 Å². The van der Waals surface area contributed by atoms with E-state index in [0.717, 1.165) is 31.4 Å². The van der Waals surface area contributed by atoms with Gasteiger partial charge in [0.2, 0.25) is 0 Å². The van der Waals surface area contributed by atoms with E-state index < -0.39 is 5.82 Å². The van der Waals surface area contributed by atoms with E-state index in [2.05, 4.69) is 22.9 Å². The monoisotopic (exact) mass is 323 g/mol. The Bertz CT molecular complexity index is 813. The molecular formula is C19H18FN3O. The van der Waals surface area contributed by atoms with Crippen LogP contribution in [0.3, 0.4) is 0 Å². The Kier molecular flexibility index (Phi) is 4.57. The van der Waals surface area contributed by atoms with E-state index in [1.807, 2.05) is 12.1 Å². The van der Waals surface area contributed by atoms with Crippen molar-refractivity contribution in [3.63, 3.8) is 0 Å². The molecule has 1 unspecified atom stereocenters. The minimum atomic E-state index is -0.645. The van der Waals surface area contributed by atoms with E-state index in [9.17, 15) is 14.4 Å². The highest BCUT2D eigenvalue weighted by Crippen LogP contribution is 2.30. The summed E-state index contributed by atoms with van der Waals surface area (Å²) in [5.74, 6) is -0.0351. The SMILES string of the molecule is CC1CCCN(c2ccc(-c3cc(C=O)c(F)cn3)cc2C#N)C1. The summed E-state index contributed by atoms with van der Waals surface area (Å²) in [6.07, 6.45) is 3.83. The zero-order chi connectivity index (χ0) is 17.1. The van der Waals surface area contributed by atoms with Crippen LogP contribution >= 0.6 is 0 Å². The number of nitrogens with zero attached hydrogens (tertiary/aromatic N) is 3. The predicted molar refractivity (Wildman–Crippen MR) is 90.3 cm³/mol. The zero-order valence-corrected chi connectivity index (χ0v) is 13.5. The maximum atomic E-state index is 13.4. The van der Waals surface area contributed by atoms with Crippen LogP contribution in [0.1, 0.15) is 35.7 Å². The molecule has 1 aliphatic heterocycles.